The fourth-order valence-electron chi connectivity index (χ4n) is 1.51. The second-order valence-electron chi connectivity index (χ2n) is 4.10. The summed E-state index contributed by atoms with van der Waals surface area (Å²) in [5.41, 5.74) is -1.11. The van der Waals surface area contributed by atoms with Gasteiger partial charge in [-0.25, -0.2) is 4.79 Å². The maximum Gasteiger partial charge on any atom is 0.333 e. The van der Waals surface area contributed by atoms with Crippen molar-refractivity contribution in [3.63, 3.8) is 0 Å². The Balaban J connectivity index is 2.61. The summed E-state index contributed by atoms with van der Waals surface area (Å²) in [5, 5.41) is 5.66. The van der Waals surface area contributed by atoms with E-state index in [4.69, 9.17) is 4.74 Å². The molecule has 1 saturated heterocycles. The molecule has 0 spiro atoms. The number of hydrogen-bond acceptors (Lipinski definition) is 5. The number of methoxy groups -OCH3 is 2. The van der Waals surface area contributed by atoms with Crippen LogP contribution in [0.25, 0.3) is 0 Å². The molecule has 1 rings (SSSR count). The molecule has 1 heterocycles. The van der Waals surface area contributed by atoms with Gasteiger partial charge in [-0.3, -0.25) is 4.79 Å². The van der Waals surface area contributed by atoms with Gasteiger partial charge in [0, 0.05) is 20.2 Å². The first-order chi connectivity index (χ1) is 7.53. The van der Waals surface area contributed by atoms with E-state index in [9.17, 15) is 9.59 Å². The molecular formula is C10H18N2O4. The minimum Gasteiger partial charge on any atom is -0.467 e. The Morgan fingerprint density at radius 2 is 2.06 bits per heavy atom. The average Bonchev–Trinajstić information content (AvgIpc) is 2.13. The molecule has 0 aromatic heterocycles. The van der Waals surface area contributed by atoms with E-state index in [1.165, 1.54) is 14.2 Å². The number of amides is 1. The van der Waals surface area contributed by atoms with E-state index in [-0.39, 0.29) is 18.4 Å². The maximum absolute atomic E-state index is 11.7. The van der Waals surface area contributed by atoms with Gasteiger partial charge in [-0.15, -0.1) is 0 Å². The number of carbonyl (C=O) groups is 2. The van der Waals surface area contributed by atoms with Crippen molar-refractivity contribution in [2.75, 3.05) is 33.9 Å². The Morgan fingerprint density at radius 1 is 1.44 bits per heavy atom. The minimum atomic E-state index is -1.11. The van der Waals surface area contributed by atoms with Crippen LogP contribution in [-0.2, 0) is 19.1 Å². The van der Waals surface area contributed by atoms with Gasteiger partial charge >= 0.3 is 5.97 Å². The van der Waals surface area contributed by atoms with Crippen LogP contribution in [0.2, 0.25) is 0 Å². The molecule has 1 aliphatic heterocycles. The molecule has 0 saturated carbocycles. The molecule has 6 nitrogen and oxygen atoms in total. The topological polar surface area (TPSA) is 76.7 Å². The first kappa shape index (κ1) is 12.9. The molecule has 2 N–H and O–H groups in total. The van der Waals surface area contributed by atoms with Gasteiger partial charge in [0.05, 0.1) is 19.6 Å². The Kier molecular flexibility index (Phi) is 4.26. The summed E-state index contributed by atoms with van der Waals surface area (Å²) in [5.74, 6) is -0.723. The van der Waals surface area contributed by atoms with Crippen LogP contribution in [0, 0.1) is 5.92 Å². The summed E-state index contributed by atoms with van der Waals surface area (Å²) >= 11 is 0. The molecule has 1 aliphatic rings. The van der Waals surface area contributed by atoms with Crippen molar-refractivity contribution < 1.29 is 19.1 Å². The molecule has 0 aliphatic carbocycles. The maximum atomic E-state index is 11.7. The van der Waals surface area contributed by atoms with Crippen molar-refractivity contribution in [3.05, 3.63) is 0 Å². The van der Waals surface area contributed by atoms with Crippen LogP contribution in [-0.4, -0.2) is 51.3 Å². The van der Waals surface area contributed by atoms with Gasteiger partial charge in [-0.2, -0.15) is 0 Å². The molecule has 1 unspecified atom stereocenters. The van der Waals surface area contributed by atoms with Gasteiger partial charge in [-0.1, -0.05) is 0 Å². The highest BCUT2D eigenvalue weighted by molar-refractivity contribution is 5.89. The van der Waals surface area contributed by atoms with Gasteiger partial charge in [-0.05, 0) is 6.92 Å². The summed E-state index contributed by atoms with van der Waals surface area (Å²) in [7, 11) is 2.76. The van der Waals surface area contributed by atoms with E-state index in [1.54, 1.807) is 6.92 Å². The third-order valence-corrected chi connectivity index (χ3v) is 2.62. The molecule has 1 atom stereocenters. The van der Waals surface area contributed by atoms with Gasteiger partial charge < -0.3 is 20.1 Å². The highest BCUT2D eigenvalue weighted by Gasteiger charge is 2.38. The summed E-state index contributed by atoms with van der Waals surface area (Å²) in [6, 6.07) is 0. The van der Waals surface area contributed by atoms with Crippen molar-refractivity contribution in [3.8, 4) is 0 Å². The van der Waals surface area contributed by atoms with Crippen molar-refractivity contribution in [1.29, 1.82) is 0 Å². The smallest absolute Gasteiger partial charge is 0.333 e. The van der Waals surface area contributed by atoms with Gasteiger partial charge in [0.25, 0.3) is 0 Å². The first-order valence-electron chi connectivity index (χ1n) is 5.13. The number of ether oxygens (including phenoxy) is 2. The van der Waals surface area contributed by atoms with Crippen LogP contribution < -0.4 is 10.6 Å². The zero-order chi connectivity index (χ0) is 12.2. The Labute approximate surface area is 94.7 Å². The van der Waals surface area contributed by atoms with Gasteiger partial charge in [0.1, 0.15) is 0 Å². The van der Waals surface area contributed by atoms with Crippen molar-refractivity contribution in [1.82, 2.24) is 10.6 Å². The number of carbonyl (C=O) groups excluding carboxylic acids is 2. The monoisotopic (exact) mass is 230 g/mol. The second-order valence-corrected chi connectivity index (χ2v) is 4.10. The number of nitrogens with one attached hydrogen (secondary N) is 2. The Hall–Kier alpha value is -1.14. The minimum absolute atomic E-state index is 0.0687. The standard InChI is InChI=1S/C10H18N2O4/c1-10(6-15-2,9(14)16-3)12-8(13)7-4-11-5-7/h7,11H,4-6H2,1-3H3,(H,12,13). The second kappa shape index (κ2) is 5.27. The van der Waals surface area contributed by atoms with Crippen molar-refractivity contribution in [2.24, 2.45) is 5.92 Å². The summed E-state index contributed by atoms with van der Waals surface area (Å²) in [6.45, 7) is 2.98. The van der Waals surface area contributed by atoms with Gasteiger partial charge in [0.2, 0.25) is 5.91 Å². The van der Waals surface area contributed by atoms with E-state index in [0.29, 0.717) is 13.1 Å². The van der Waals surface area contributed by atoms with Crippen LogP contribution in [0.3, 0.4) is 0 Å². The zero-order valence-corrected chi connectivity index (χ0v) is 9.83. The van der Waals surface area contributed by atoms with Crippen LogP contribution in [0.1, 0.15) is 6.92 Å². The summed E-state index contributed by atoms with van der Waals surface area (Å²) < 4.78 is 9.58. The van der Waals surface area contributed by atoms with Crippen molar-refractivity contribution in [2.45, 2.75) is 12.5 Å². The molecule has 0 aromatic carbocycles. The highest BCUT2D eigenvalue weighted by Crippen LogP contribution is 2.10. The van der Waals surface area contributed by atoms with Crippen LogP contribution in [0.5, 0.6) is 0 Å². The molecule has 16 heavy (non-hydrogen) atoms. The van der Waals surface area contributed by atoms with Crippen LogP contribution >= 0.6 is 0 Å². The molecule has 1 fully saturated rings. The van der Waals surface area contributed by atoms with E-state index >= 15 is 0 Å². The third kappa shape index (κ3) is 2.70. The number of esters is 1. The lowest BCUT2D eigenvalue weighted by Gasteiger charge is -2.32. The Bertz CT molecular complexity index is 278. The van der Waals surface area contributed by atoms with E-state index in [2.05, 4.69) is 15.4 Å². The summed E-state index contributed by atoms with van der Waals surface area (Å²) in [6.07, 6.45) is 0. The predicted molar refractivity (Wildman–Crippen MR) is 56.8 cm³/mol. The first-order valence-corrected chi connectivity index (χ1v) is 5.13. The predicted octanol–water partition coefficient (Wildman–Crippen LogP) is -1.10. The molecule has 0 radical (unpaired) electrons. The van der Waals surface area contributed by atoms with Gasteiger partial charge in [0.15, 0.2) is 5.54 Å². The Morgan fingerprint density at radius 3 is 2.44 bits per heavy atom. The lowest BCUT2D eigenvalue weighted by atomic mass is 9.98. The van der Waals surface area contributed by atoms with Crippen LogP contribution in [0.4, 0.5) is 0 Å². The molecule has 1 amide bonds. The average molecular weight is 230 g/mol. The lowest BCUT2D eigenvalue weighted by molar-refractivity contribution is -0.153. The molecule has 92 valence electrons. The van der Waals surface area contributed by atoms with Crippen LogP contribution in [0.15, 0.2) is 0 Å². The van der Waals surface area contributed by atoms with Crippen molar-refractivity contribution >= 4 is 11.9 Å². The highest BCUT2D eigenvalue weighted by atomic mass is 16.5. The number of rotatable bonds is 5. The molecule has 0 bridgehead atoms. The third-order valence-electron chi connectivity index (χ3n) is 2.62. The quantitative estimate of drug-likeness (QED) is 0.586. The fourth-order valence-corrected chi connectivity index (χ4v) is 1.51. The van der Waals surface area contributed by atoms with E-state index < -0.39 is 11.5 Å². The SMILES string of the molecule is COCC(C)(NC(=O)C1CNC1)C(=O)OC. The molecule has 6 heteroatoms. The molecule has 0 aromatic rings. The number of hydrogen-bond donors (Lipinski definition) is 2. The lowest BCUT2D eigenvalue weighted by Crippen LogP contribution is -2.61. The van der Waals surface area contributed by atoms with E-state index in [0.717, 1.165) is 0 Å². The normalized spacial score (nSPS) is 19.4. The van der Waals surface area contributed by atoms with E-state index in [1.807, 2.05) is 0 Å². The fraction of sp³-hybridized carbons (Fsp3) is 0.800. The molecular weight excluding hydrogens is 212 g/mol. The zero-order valence-electron chi connectivity index (χ0n) is 9.83. The largest absolute Gasteiger partial charge is 0.467 e. The summed E-state index contributed by atoms with van der Waals surface area (Å²) in [4.78, 5) is 23.3.